The van der Waals surface area contributed by atoms with Crippen molar-refractivity contribution >= 4 is 18.9 Å². The van der Waals surface area contributed by atoms with Gasteiger partial charge in [-0.3, -0.25) is 0 Å². The van der Waals surface area contributed by atoms with Crippen LogP contribution in [0.5, 0.6) is 0 Å². The highest BCUT2D eigenvalue weighted by molar-refractivity contribution is 7.13. The van der Waals surface area contributed by atoms with Gasteiger partial charge in [0.1, 0.15) is 0 Å². The maximum absolute atomic E-state index is 6.60. The first-order valence-electron chi connectivity index (χ1n) is 5.84. The lowest BCUT2D eigenvalue weighted by Crippen LogP contribution is -2.43. The van der Waals surface area contributed by atoms with E-state index in [9.17, 15) is 0 Å². The van der Waals surface area contributed by atoms with Crippen LogP contribution >= 0.6 is 11.1 Å². The van der Waals surface area contributed by atoms with Crippen molar-refractivity contribution in [3.8, 4) is 0 Å². The lowest BCUT2D eigenvalue weighted by molar-refractivity contribution is 0.188. The van der Waals surface area contributed by atoms with E-state index in [1.54, 1.807) is 0 Å². The van der Waals surface area contributed by atoms with Gasteiger partial charge in [-0.2, -0.15) is 0 Å². The molecular formula is C11H19ClO2Si. The number of allylic oxidation sites excluding steroid dienone is 2. The number of hydrogen-bond acceptors (Lipinski definition) is 2. The molecule has 0 heterocycles. The Morgan fingerprint density at radius 3 is 2.27 bits per heavy atom. The summed E-state index contributed by atoms with van der Waals surface area (Å²) in [5.74, 6) is 1.34. The van der Waals surface area contributed by atoms with Crippen molar-refractivity contribution in [2.45, 2.75) is 32.2 Å². The third-order valence-corrected chi connectivity index (χ3v) is 7.81. The van der Waals surface area contributed by atoms with Gasteiger partial charge in [0.05, 0.1) is 0 Å². The van der Waals surface area contributed by atoms with Crippen LogP contribution < -0.4 is 0 Å². The van der Waals surface area contributed by atoms with Crippen molar-refractivity contribution in [2.24, 2.45) is 11.8 Å². The molecule has 1 saturated carbocycles. The Balaban J connectivity index is 2.08. The average molecular weight is 247 g/mol. The molecule has 0 amide bonds. The maximum atomic E-state index is 6.60. The Labute approximate surface area is 97.6 Å². The summed E-state index contributed by atoms with van der Waals surface area (Å²) in [4.78, 5) is 0. The van der Waals surface area contributed by atoms with Gasteiger partial charge in [0.25, 0.3) is 0 Å². The molecular weight excluding hydrogens is 228 g/mol. The minimum Gasteiger partial charge on any atom is -0.383 e. The second-order valence-corrected chi connectivity index (χ2v) is 8.40. The molecule has 0 saturated heterocycles. The molecule has 0 aromatic carbocycles. The Morgan fingerprint density at radius 2 is 1.87 bits per heavy atom. The van der Waals surface area contributed by atoms with Crippen molar-refractivity contribution in [1.82, 2.24) is 0 Å². The highest BCUT2D eigenvalue weighted by Gasteiger charge is 2.53. The molecule has 0 radical (unpaired) electrons. The first-order chi connectivity index (χ1) is 7.19. The third kappa shape index (κ3) is 2.16. The molecule has 0 N–H and O–H groups in total. The molecule has 0 aliphatic heterocycles. The molecule has 0 aromatic rings. The summed E-state index contributed by atoms with van der Waals surface area (Å²) >= 11 is 6.60. The van der Waals surface area contributed by atoms with E-state index in [0.717, 1.165) is 12.3 Å². The second-order valence-electron chi connectivity index (χ2n) is 4.34. The summed E-state index contributed by atoms with van der Waals surface area (Å²) < 4.78 is 11.5. The SMILES string of the molecule is CCO[Si](Cl)(OCC)C1CC2C=CC1C2. The number of hydrogen-bond donors (Lipinski definition) is 0. The van der Waals surface area contributed by atoms with E-state index < -0.39 is 7.87 Å². The molecule has 1 fully saturated rings. The zero-order valence-corrected chi connectivity index (χ0v) is 11.2. The van der Waals surface area contributed by atoms with E-state index in [1.165, 1.54) is 6.42 Å². The third-order valence-electron chi connectivity index (χ3n) is 3.40. The van der Waals surface area contributed by atoms with Crippen LogP contribution in [0.4, 0.5) is 0 Å². The standard InChI is InChI=1S/C11H19ClO2Si/c1-3-13-15(12,14-4-2)11-8-9-5-6-10(11)7-9/h5-6,9-11H,3-4,7-8H2,1-2H3. The first kappa shape index (κ1) is 11.6. The molecule has 3 unspecified atom stereocenters. The van der Waals surface area contributed by atoms with Crippen LogP contribution in [0.2, 0.25) is 5.54 Å². The Morgan fingerprint density at radius 1 is 1.20 bits per heavy atom. The highest BCUT2D eigenvalue weighted by Crippen LogP contribution is 2.53. The van der Waals surface area contributed by atoms with Crippen molar-refractivity contribution in [3.63, 3.8) is 0 Å². The molecule has 3 atom stereocenters. The molecule has 2 rings (SSSR count). The summed E-state index contributed by atoms with van der Waals surface area (Å²) in [5.41, 5.74) is 0.453. The minimum absolute atomic E-state index is 0.453. The van der Waals surface area contributed by atoms with E-state index >= 15 is 0 Å². The molecule has 2 aliphatic rings. The number of halogens is 1. The zero-order valence-electron chi connectivity index (χ0n) is 9.41. The fraction of sp³-hybridized carbons (Fsp3) is 0.818. The van der Waals surface area contributed by atoms with Crippen LogP contribution in [-0.2, 0) is 8.85 Å². The number of fused-ring (bicyclic) bond motifs is 2. The van der Waals surface area contributed by atoms with E-state index in [-0.39, 0.29) is 0 Å². The van der Waals surface area contributed by atoms with Gasteiger partial charge in [0.15, 0.2) is 0 Å². The molecule has 86 valence electrons. The first-order valence-corrected chi connectivity index (χ1v) is 8.75. The highest BCUT2D eigenvalue weighted by atomic mass is 35.6. The average Bonchev–Trinajstić information content (AvgIpc) is 2.79. The molecule has 2 aliphatic carbocycles. The zero-order chi connectivity index (χ0) is 10.9. The predicted molar refractivity (Wildman–Crippen MR) is 64.0 cm³/mol. The maximum Gasteiger partial charge on any atom is 0.447 e. The summed E-state index contributed by atoms with van der Waals surface area (Å²) in [5, 5.41) is 0. The summed E-state index contributed by atoms with van der Waals surface area (Å²) in [7, 11) is -2.45. The van der Waals surface area contributed by atoms with Crippen LogP contribution in [0.15, 0.2) is 12.2 Å². The van der Waals surface area contributed by atoms with Gasteiger partial charge >= 0.3 is 7.87 Å². The van der Waals surface area contributed by atoms with Crippen molar-refractivity contribution < 1.29 is 8.85 Å². The van der Waals surface area contributed by atoms with E-state index in [1.807, 2.05) is 13.8 Å². The van der Waals surface area contributed by atoms with Gasteiger partial charge < -0.3 is 8.85 Å². The van der Waals surface area contributed by atoms with E-state index in [0.29, 0.717) is 24.7 Å². The molecule has 4 heteroatoms. The van der Waals surface area contributed by atoms with E-state index in [4.69, 9.17) is 19.9 Å². The summed E-state index contributed by atoms with van der Waals surface area (Å²) in [6.45, 7) is 5.30. The fourth-order valence-corrected chi connectivity index (χ4v) is 6.88. The predicted octanol–water partition coefficient (Wildman–Crippen LogP) is 3.20. The summed E-state index contributed by atoms with van der Waals surface area (Å²) in [6, 6.07) is 0. The van der Waals surface area contributed by atoms with Gasteiger partial charge in [-0.05, 0) is 38.5 Å². The van der Waals surface area contributed by atoms with Gasteiger partial charge in [0.2, 0.25) is 0 Å². The van der Waals surface area contributed by atoms with Crippen molar-refractivity contribution in [3.05, 3.63) is 12.2 Å². The molecule has 0 aromatic heterocycles. The smallest absolute Gasteiger partial charge is 0.383 e. The van der Waals surface area contributed by atoms with Crippen molar-refractivity contribution in [2.75, 3.05) is 13.2 Å². The number of rotatable bonds is 5. The summed E-state index contributed by atoms with van der Waals surface area (Å²) in [6.07, 6.45) is 7.05. The fourth-order valence-electron chi connectivity index (χ4n) is 2.83. The lowest BCUT2D eigenvalue weighted by atomic mass is 10.1. The lowest BCUT2D eigenvalue weighted by Gasteiger charge is -2.32. The van der Waals surface area contributed by atoms with Crippen LogP contribution in [0.1, 0.15) is 26.7 Å². The van der Waals surface area contributed by atoms with E-state index in [2.05, 4.69) is 12.2 Å². The van der Waals surface area contributed by atoms with Crippen molar-refractivity contribution in [1.29, 1.82) is 0 Å². The normalized spacial score (nSPS) is 33.9. The topological polar surface area (TPSA) is 18.5 Å². The Bertz CT molecular complexity index is 251. The van der Waals surface area contributed by atoms with Gasteiger partial charge in [0, 0.05) is 18.8 Å². The van der Waals surface area contributed by atoms with Gasteiger partial charge in [-0.15, -0.1) is 0 Å². The van der Waals surface area contributed by atoms with Crippen LogP contribution in [0, 0.1) is 11.8 Å². The van der Waals surface area contributed by atoms with Crippen LogP contribution in [0.25, 0.3) is 0 Å². The molecule has 2 bridgehead atoms. The molecule has 2 nitrogen and oxygen atoms in total. The molecule has 15 heavy (non-hydrogen) atoms. The monoisotopic (exact) mass is 246 g/mol. The van der Waals surface area contributed by atoms with Crippen LogP contribution in [-0.4, -0.2) is 21.1 Å². The Hall–Kier alpha value is 0.167. The molecule has 0 spiro atoms. The van der Waals surface area contributed by atoms with Crippen LogP contribution in [0.3, 0.4) is 0 Å². The minimum atomic E-state index is -2.45. The quantitative estimate of drug-likeness (QED) is 0.421. The second kappa shape index (κ2) is 4.58. The van der Waals surface area contributed by atoms with Gasteiger partial charge in [-0.25, -0.2) is 0 Å². The van der Waals surface area contributed by atoms with Gasteiger partial charge in [-0.1, -0.05) is 23.2 Å². The largest absolute Gasteiger partial charge is 0.447 e. The Kier molecular flexibility index (Phi) is 3.55.